The van der Waals surface area contributed by atoms with Gasteiger partial charge in [0.2, 0.25) is 0 Å². The average Bonchev–Trinajstić information content (AvgIpc) is 2.37. The molecule has 4 heteroatoms. The van der Waals surface area contributed by atoms with Crippen molar-refractivity contribution in [3.63, 3.8) is 0 Å². The molecule has 3 heterocycles. The van der Waals surface area contributed by atoms with E-state index in [1.165, 1.54) is 5.56 Å². The molecule has 90 valence electrons. The Balaban J connectivity index is 1.71. The first-order chi connectivity index (χ1) is 8.25. The number of fused-ring (bicyclic) bond motifs is 2. The van der Waals surface area contributed by atoms with Crippen molar-refractivity contribution in [2.24, 2.45) is 0 Å². The van der Waals surface area contributed by atoms with Gasteiger partial charge in [0.25, 0.3) is 0 Å². The van der Waals surface area contributed by atoms with Crippen molar-refractivity contribution < 1.29 is 14.6 Å². The molecule has 1 aromatic rings. The number of hydrogen-bond acceptors (Lipinski definition) is 3. The molecule has 0 amide bonds. The van der Waals surface area contributed by atoms with Gasteiger partial charge in [0.05, 0.1) is 6.61 Å². The van der Waals surface area contributed by atoms with E-state index in [0.717, 1.165) is 13.0 Å². The second-order valence-corrected chi connectivity index (χ2v) is 4.71. The third-order valence-corrected chi connectivity index (χ3v) is 3.68. The summed E-state index contributed by atoms with van der Waals surface area (Å²) in [5.74, 6) is -0.841. The zero-order chi connectivity index (χ0) is 11.8. The highest BCUT2D eigenvalue weighted by Crippen LogP contribution is 2.36. The Morgan fingerprint density at radius 1 is 1.41 bits per heavy atom. The van der Waals surface area contributed by atoms with Crippen LogP contribution in [0.15, 0.2) is 30.3 Å². The van der Waals surface area contributed by atoms with Crippen molar-refractivity contribution in [3.8, 4) is 0 Å². The molecule has 0 spiro atoms. The minimum Gasteiger partial charge on any atom is -0.479 e. The number of aliphatic carboxylic acids is 1. The van der Waals surface area contributed by atoms with E-state index in [-0.39, 0.29) is 6.04 Å². The van der Waals surface area contributed by atoms with Crippen LogP contribution in [0.25, 0.3) is 0 Å². The molecule has 0 radical (unpaired) electrons. The number of carboxylic acid groups (broad SMARTS) is 1. The second kappa shape index (κ2) is 4.13. The summed E-state index contributed by atoms with van der Waals surface area (Å²) in [6, 6.07) is 10.6. The molecule has 0 aliphatic carbocycles. The molecule has 3 fully saturated rings. The van der Waals surface area contributed by atoms with E-state index in [9.17, 15) is 4.79 Å². The number of benzene rings is 1. The highest BCUT2D eigenvalue weighted by atomic mass is 16.5. The third-order valence-electron chi connectivity index (χ3n) is 3.68. The molecule has 4 nitrogen and oxygen atoms in total. The van der Waals surface area contributed by atoms with Crippen LogP contribution in [-0.4, -0.2) is 40.8 Å². The lowest BCUT2D eigenvalue weighted by atomic mass is 9.85. The molecule has 3 saturated heterocycles. The van der Waals surface area contributed by atoms with Crippen LogP contribution < -0.4 is 0 Å². The fourth-order valence-corrected chi connectivity index (χ4v) is 2.75. The number of rotatable bonds is 3. The quantitative estimate of drug-likeness (QED) is 0.849. The summed E-state index contributed by atoms with van der Waals surface area (Å²) >= 11 is 0. The molecular formula is C13H15NO3. The summed E-state index contributed by atoms with van der Waals surface area (Å²) in [6.07, 6.45) is 0.299. The lowest BCUT2D eigenvalue weighted by molar-refractivity contribution is -0.197. The maximum absolute atomic E-state index is 11.0. The van der Waals surface area contributed by atoms with Gasteiger partial charge in [-0.2, -0.15) is 0 Å². The zero-order valence-corrected chi connectivity index (χ0v) is 9.45. The van der Waals surface area contributed by atoms with E-state index < -0.39 is 12.1 Å². The monoisotopic (exact) mass is 233 g/mol. The number of ether oxygens (including phenoxy) is 1. The standard InChI is InChI=1S/C13H15NO3/c15-13(16)12-11-6-10(8-17-12)14(11)7-9-4-2-1-3-5-9/h1-5,10-12H,6-8H2,(H,15,16)/t10-,11+,12-/m0/s1. The number of nitrogens with zero attached hydrogens (tertiary/aromatic N) is 1. The molecular weight excluding hydrogens is 218 g/mol. The Bertz CT molecular complexity index is 418. The van der Waals surface area contributed by atoms with E-state index in [0.29, 0.717) is 12.6 Å². The predicted molar refractivity (Wildman–Crippen MR) is 61.6 cm³/mol. The normalized spacial score (nSPS) is 31.9. The van der Waals surface area contributed by atoms with Crippen molar-refractivity contribution in [3.05, 3.63) is 35.9 Å². The van der Waals surface area contributed by atoms with Gasteiger partial charge in [-0.25, -0.2) is 4.79 Å². The summed E-state index contributed by atoms with van der Waals surface area (Å²) in [5.41, 5.74) is 1.23. The molecule has 2 bridgehead atoms. The molecule has 0 saturated carbocycles. The van der Waals surface area contributed by atoms with Crippen LogP contribution in [0, 0.1) is 0 Å². The molecule has 3 aliphatic heterocycles. The van der Waals surface area contributed by atoms with Crippen LogP contribution >= 0.6 is 0 Å². The fourth-order valence-electron chi connectivity index (χ4n) is 2.75. The maximum atomic E-state index is 11.0. The smallest absolute Gasteiger partial charge is 0.334 e. The predicted octanol–water partition coefficient (Wildman–Crippen LogP) is 1.11. The van der Waals surface area contributed by atoms with Gasteiger partial charge < -0.3 is 9.84 Å². The Morgan fingerprint density at radius 2 is 2.18 bits per heavy atom. The molecule has 0 aromatic heterocycles. The van der Waals surface area contributed by atoms with Crippen LogP contribution in [0.5, 0.6) is 0 Å². The Kier molecular flexibility index (Phi) is 2.61. The lowest BCUT2D eigenvalue weighted by Gasteiger charge is -2.54. The van der Waals surface area contributed by atoms with Gasteiger partial charge in [-0.15, -0.1) is 0 Å². The molecule has 4 rings (SSSR count). The first-order valence-electron chi connectivity index (χ1n) is 5.90. The molecule has 17 heavy (non-hydrogen) atoms. The van der Waals surface area contributed by atoms with Crippen LogP contribution in [-0.2, 0) is 16.1 Å². The van der Waals surface area contributed by atoms with Gasteiger partial charge in [0.1, 0.15) is 0 Å². The summed E-state index contributed by atoms with van der Waals surface area (Å²) in [7, 11) is 0. The SMILES string of the molecule is O=C(O)[C@H]1OC[C@@H]2C[C@H]1N2Cc1ccccc1. The number of carbonyl (C=O) groups is 1. The molecule has 3 aliphatic rings. The summed E-state index contributed by atoms with van der Waals surface area (Å²) in [4.78, 5) is 13.3. The highest BCUT2D eigenvalue weighted by molar-refractivity contribution is 5.74. The number of hydrogen-bond donors (Lipinski definition) is 1. The zero-order valence-electron chi connectivity index (χ0n) is 9.45. The van der Waals surface area contributed by atoms with E-state index in [1.54, 1.807) is 0 Å². The third kappa shape index (κ3) is 1.83. The minimum atomic E-state index is -0.841. The van der Waals surface area contributed by atoms with Gasteiger partial charge in [-0.3, -0.25) is 4.90 Å². The van der Waals surface area contributed by atoms with E-state index >= 15 is 0 Å². The van der Waals surface area contributed by atoms with Crippen molar-refractivity contribution in [2.75, 3.05) is 6.61 Å². The van der Waals surface area contributed by atoms with Gasteiger partial charge in [-0.1, -0.05) is 30.3 Å². The van der Waals surface area contributed by atoms with Crippen molar-refractivity contribution in [1.29, 1.82) is 0 Å². The van der Waals surface area contributed by atoms with Crippen molar-refractivity contribution >= 4 is 5.97 Å². The van der Waals surface area contributed by atoms with Crippen molar-refractivity contribution in [2.45, 2.75) is 31.2 Å². The average molecular weight is 233 g/mol. The Morgan fingerprint density at radius 3 is 2.82 bits per heavy atom. The number of morpholine rings is 1. The van der Waals surface area contributed by atoms with E-state index in [4.69, 9.17) is 9.84 Å². The van der Waals surface area contributed by atoms with Gasteiger partial charge in [0.15, 0.2) is 6.10 Å². The summed E-state index contributed by atoms with van der Waals surface area (Å²) in [5, 5.41) is 9.07. The Labute approximate surface area is 99.8 Å². The first kappa shape index (κ1) is 10.7. The van der Waals surface area contributed by atoms with Crippen LogP contribution in [0.2, 0.25) is 0 Å². The topological polar surface area (TPSA) is 49.8 Å². The second-order valence-electron chi connectivity index (χ2n) is 4.71. The molecule has 1 aromatic carbocycles. The van der Waals surface area contributed by atoms with Gasteiger partial charge in [-0.05, 0) is 12.0 Å². The van der Waals surface area contributed by atoms with Gasteiger partial charge >= 0.3 is 5.97 Å². The lowest BCUT2D eigenvalue weighted by Crippen LogP contribution is -2.68. The number of carboxylic acids is 1. The molecule has 3 atom stereocenters. The van der Waals surface area contributed by atoms with Crippen LogP contribution in [0.1, 0.15) is 12.0 Å². The maximum Gasteiger partial charge on any atom is 0.334 e. The summed E-state index contributed by atoms with van der Waals surface area (Å²) in [6.45, 7) is 1.36. The molecule has 1 N–H and O–H groups in total. The van der Waals surface area contributed by atoms with Crippen LogP contribution in [0.4, 0.5) is 0 Å². The van der Waals surface area contributed by atoms with E-state index in [1.807, 2.05) is 18.2 Å². The van der Waals surface area contributed by atoms with Crippen LogP contribution in [0.3, 0.4) is 0 Å². The highest BCUT2D eigenvalue weighted by Gasteiger charge is 2.50. The Hall–Kier alpha value is -1.39. The first-order valence-corrected chi connectivity index (χ1v) is 5.90. The van der Waals surface area contributed by atoms with Crippen molar-refractivity contribution in [1.82, 2.24) is 4.90 Å². The fraction of sp³-hybridized carbons (Fsp3) is 0.462. The molecule has 0 unspecified atom stereocenters. The largest absolute Gasteiger partial charge is 0.479 e. The van der Waals surface area contributed by atoms with E-state index in [2.05, 4.69) is 17.0 Å². The minimum absolute atomic E-state index is 0.0476. The summed E-state index contributed by atoms with van der Waals surface area (Å²) < 4.78 is 5.33. The van der Waals surface area contributed by atoms with Gasteiger partial charge in [0, 0.05) is 18.6 Å².